The zero-order valence-electron chi connectivity index (χ0n) is 15.4. The third-order valence-electron chi connectivity index (χ3n) is 4.58. The smallest absolute Gasteiger partial charge is 0.262 e. The molecule has 0 aliphatic carbocycles. The van der Waals surface area contributed by atoms with E-state index in [1.807, 2.05) is 71.3 Å². The molecule has 2 aromatic heterocycles. The molecule has 6 nitrogen and oxygen atoms in total. The Morgan fingerprint density at radius 1 is 0.964 bits per heavy atom. The second-order valence-electron chi connectivity index (χ2n) is 6.38. The molecule has 0 spiro atoms. The highest BCUT2D eigenvalue weighted by Gasteiger charge is 2.16. The van der Waals surface area contributed by atoms with Crippen molar-refractivity contribution in [3.63, 3.8) is 0 Å². The van der Waals surface area contributed by atoms with Crippen molar-refractivity contribution in [1.29, 1.82) is 0 Å². The highest BCUT2D eigenvalue weighted by molar-refractivity contribution is 5.85. The molecule has 6 heteroatoms. The number of ether oxygens (including phenoxy) is 1. The van der Waals surface area contributed by atoms with E-state index in [9.17, 15) is 4.79 Å². The predicted molar refractivity (Wildman–Crippen MR) is 109 cm³/mol. The maximum Gasteiger partial charge on any atom is 0.262 e. The van der Waals surface area contributed by atoms with Gasteiger partial charge in [-0.05, 0) is 23.8 Å². The molecular formula is C22H21N3O3. The lowest BCUT2D eigenvalue weighted by Crippen LogP contribution is -2.23. The highest BCUT2D eigenvalue weighted by Crippen LogP contribution is 2.29. The summed E-state index contributed by atoms with van der Waals surface area (Å²) >= 11 is 0. The number of rotatable bonds is 7. The van der Waals surface area contributed by atoms with Gasteiger partial charge in [0.15, 0.2) is 5.65 Å². The van der Waals surface area contributed by atoms with Crippen LogP contribution in [0.25, 0.3) is 28.0 Å². The summed E-state index contributed by atoms with van der Waals surface area (Å²) in [6.07, 6.45) is 1.56. The maximum atomic E-state index is 13.0. The van der Waals surface area contributed by atoms with Gasteiger partial charge in [-0.1, -0.05) is 48.5 Å². The molecule has 28 heavy (non-hydrogen) atoms. The topological polar surface area (TPSA) is 69.3 Å². The van der Waals surface area contributed by atoms with E-state index < -0.39 is 0 Å². The van der Waals surface area contributed by atoms with Crippen molar-refractivity contribution in [2.24, 2.45) is 0 Å². The summed E-state index contributed by atoms with van der Waals surface area (Å²) < 4.78 is 8.84. The number of fused-ring (bicyclic) bond motifs is 1. The lowest BCUT2D eigenvalue weighted by molar-refractivity contribution is 0.0865. The SMILES string of the molecule is O=c1c2cc(-c3ccccc3)n(-c3ccccc3)c2ncn1CCOCCO. The summed E-state index contributed by atoms with van der Waals surface area (Å²) in [5.41, 5.74) is 3.40. The number of hydrogen-bond acceptors (Lipinski definition) is 4. The van der Waals surface area contributed by atoms with Crippen molar-refractivity contribution < 1.29 is 9.84 Å². The van der Waals surface area contributed by atoms with Gasteiger partial charge in [0.05, 0.1) is 43.8 Å². The fraction of sp³-hybridized carbons (Fsp3) is 0.182. The molecule has 4 aromatic rings. The molecule has 0 saturated carbocycles. The fourth-order valence-corrected chi connectivity index (χ4v) is 3.27. The quantitative estimate of drug-likeness (QED) is 0.504. The summed E-state index contributed by atoms with van der Waals surface area (Å²) in [6.45, 7) is 0.955. The fourth-order valence-electron chi connectivity index (χ4n) is 3.27. The second kappa shape index (κ2) is 8.21. The largest absolute Gasteiger partial charge is 0.394 e. The van der Waals surface area contributed by atoms with Crippen LogP contribution in [0.1, 0.15) is 0 Å². The van der Waals surface area contributed by atoms with E-state index in [0.29, 0.717) is 24.2 Å². The molecule has 0 bridgehead atoms. The first kappa shape index (κ1) is 18.2. The number of aliphatic hydroxyl groups excluding tert-OH is 1. The number of aliphatic hydroxyl groups is 1. The lowest BCUT2D eigenvalue weighted by Gasteiger charge is -2.11. The van der Waals surface area contributed by atoms with Gasteiger partial charge in [0.2, 0.25) is 0 Å². The minimum atomic E-state index is -0.107. The van der Waals surface area contributed by atoms with Crippen LogP contribution in [-0.4, -0.2) is 39.0 Å². The highest BCUT2D eigenvalue weighted by atomic mass is 16.5. The van der Waals surface area contributed by atoms with Crippen molar-refractivity contribution >= 4 is 11.0 Å². The van der Waals surface area contributed by atoms with E-state index in [-0.39, 0.29) is 18.8 Å². The Morgan fingerprint density at radius 3 is 2.39 bits per heavy atom. The summed E-state index contributed by atoms with van der Waals surface area (Å²) in [4.78, 5) is 17.6. The van der Waals surface area contributed by atoms with Gasteiger partial charge < -0.3 is 9.84 Å². The molecule has 0 aliphatic heterocycles. The van der Waals surface area contributed by atoms with Gasteiger partial charge in [-0.2, -0.15) is 0 Å². The molecule has 0 amide bonds. The third kappa shape index (κ3) is 3.47. The van der Waals surface area contributed by atoms with Crippen LogP contribution in [0, 0.1) is 0 Å². The molecule has 0 fully saturated rings. The van der Waals surface area contributed by atoms with Crippen LogP contribution in [-0.2, 0) is 11.3 Å². The summed E-state index contributed by atoms with van der Waals surface area (Å²) in [5, 5.41) is 9.36. The van der Waals surface area contributed by atoms with E-state index >= 15 is 0 Å². The molecule has 0 atom stereocenters. The van der Waals surface area contributed by atoms with Crippen LogP contribution in [0.5, 0.6) is 0 Å². The minimum Gasteiger partial charge on any atom is -0.394 e. The van der Waals surface area contributed by atoms with E-state index in [4.69, 9.17) is 9.84 Å². The first-order chi connectivity index (χ1) is 13.8. The molecular weight excluding hydrogens is 354 g/mol. The Balaban J connectivity index is 1.86. The number of aromatic nitrogens is 3. The Kier molecular flexibility index (Phi) is 5.32. The Morgan fingerprint density at radius 2 is 1.68 bits per heavy atom. The first-order valence-corrected chi connectivity index (χ1v) is 9.20. The van der Waals surface area contributed by atoms with Gasteiger partial charge in [0.25, 0.3) is 5.56 Å². The molecule has 2 aromatic carbocycles. The molecule has 0 unspecified atom stereocenters. The van der Waals surface area contributed by atoms with Crippen LogP contribution in [0.3, 0.4) is 0 Å². The number of benzene rings is 2. The van der Waals surface area contributed by atoms with E-state index in [2.05, 4.69) is 4.98 Å². The van der Waals surface area contributed by atoms with Crippen LogP contribution in [0.4, 0.5) is 0 Å². The van der Waals surface area contributed by atoms with Crippen molar-refractivity contribution in [1.82, 2.24) is 14.1 Å². The maximum absolute atomic E-state index is 13.0. The second-order valence-corrected chi connectivity index (χ2v) is 6.38. The van der Waals surface area contributed by atoms with Gasteiger partial charge in [0.1, 0.15) is 0 Å². The zero-order valence-corrected chi connectivity index (χ0v) is 15.4. The van der Waals surface area contributed by atoms with Crippen LogP contribution in [0.2, 0.25) is 0 Å². The van der Waals surface area contributed by atoms with Crippen molar-refractivity contribution in [2.75, 3.05) is 19.8 Å². The summed E-state index contributed by atoms with van der Waals surface area (Å²) in [6, 6.07) is 21.8. The summed E-state index contributed by atoms with van der Waals surface area (Å²) in [5.74, 6) is 0. The molecule has 2 heterocycles. The minimum absolute atomic E-state index is 0.0352. The molecule has 0 aliphatic rings. The average molecular weight is 375 g/mol. The lowest BCUT2D eigenvalue weighted by atomic mass is 10.1. The summed E-state index contributed by atoms with van der Waals surface area (Å²) in [7, 11) is 0. The van der Waals surface area contributed by atoms with Crippen molar-refractivity contribution in [2.45, 2.75) is 6.54 Å². The van der Waals surface area contributed by atoms with Crippen LogP contribution < -0.4 is 5.56 Å². The number of hydrogen-bond donors (Lipinski definition) is 1. The van der Waals surface area contributed by atoms with Crippen molar-refractivity contribution in [3.05, 3.63) is 83.4 Å². The monoisotopic (exact) mass is 375 g/mol. The van der Waals surface area contributed by atoms with Gasteiger partial charge in [-0.3, -0.25) is 13.9 Å². The van der Waals surface area contributed by atoms with Gasteiger partial charge in [-0.25, -0.2) is 4.98 Å². The molecule has 0 saturated heterocycles. The Labute approximate surface area is 162 Å². The van der Waals surface area contributed by atoms with Gasteiger partial charge >= 0.3 is 0 Å². The predicted octanol–water partition coefficient (Wildman–Crippen LogP) is 2.86. The van der Waals surface area contributed by atoms with Crippen LogP contribution in [0.15, 0.2) is 77.9 Å². The standard InChI is InChI=1S/C22H21N3O3/c26-12-14-28-13-11-24-16-23-21-19(22(24)27)15-20(17-7-3-1-4-8-17)25(21)18-9-5-2-6-10-18/h1-10,15-16,26H,11-14H2. The van der Waals surface area contributed by atoms with Crippen LogP contribution >= 0.6 is 0 Å². The normalized spacial score (nSPS) is 11.2. The Hall–Kier alpha value is -3.22. The third-order valence-corrected chi connectivity index (χ3v) is 4.58. The average Bonchev–Trinajstić information content (AvgIpc) is 3.14. The zero-order chi connectivity index (χ0) is 19.3. The Bertz CT molecular complexity index is 1120. The molecule has 4 rings (SSSR count). The molecule has 1 N–H and O–H groups in total. The first-order valence-electron chi connectivity index (χ1n) is 9.20. The number of nitrogens with zero attached hydrogens (tertiary/aromatic N) is 3. The van der Waals surface area contributed by atoms with Gasteiger partial charge in [0, 0.05) is 5.69 Å². The van der Waals surface area contributed by atoms with E-state index in [1.165, 1.54) is 0 Å². The van der Waals surface area contributed by atoms with Crippen molar-refractivity contribution in [3.8, 4) is 16.9 Å². The molecule has 0 radical (unpaired) electrons. The van der Waals surface area contributed by atoms with E-state index in [1.54, 1.807) is 10.9 Å². The van der Waals surface area contributed by atoms with Gasteiger partial charge in [-0.15, -0.1) is 0 Å². The van der Waals surface area contributed by atoms with E-state index in [0.717, 1.165) is 16.9 Å². The molecule has 142 valence electrons. The number of para-hydroxylation sites is 1.